The quantitative estimate of drug-likeness (QED) is 0.514. The first-order chi connectivity index (χ1) is 15.2. The molecule has 8 heteroatoms. The molecular formula is C23H29N5O2S. The molecule has 1 fully saturated rings. The smallest absolute Gasteiger partial charge is 0.238 e. The maximum atomic E-state index is 12.4. The highest BCUT2D eigenvalue weighted by Crippen LogP contribution is 2.18. The fourth-order valence-electron chi connectivity index (χ4n) is 3.65. The van der Waals surface area contributed by atoms with E-state index >= 15 is 0 Å². The van der Waals surface area contributed by atoms with E-state index < -0.39 is 0 Å². The zero-order valence-corrected chi connectivity index (χ0v) is 18.7. The second kappa shape index (κ2) is 10.7. The molecule has 0 unspecified atom stereocenters. The van der Waals surface area contributed by atoms with E-state index in [1.54, 1.807) is 0 Å². The number of nitrogens with zero attached hydrogens (tertiary/aromatic N) is 4. The van der Waals surface area contributed by atoms with E-state index in [2.05, 4.69) is 55.1 Å². The Hall–Kier alpha value is -2.55. The van der Waals surface area contributed by atoms with Gasteiger partial charge in [-0.15, -0.1) is 0 Å². The molecule has 3 aromatic rings. The first kappa shape index (κ1) is 21.7. The number of amides is 1. The summed E-state index contributed by atoms with van der Waals surface area (Å²) in [5, 5.41) is 2.98. The Kier molecular flexibility index (Phi) is 7.45. The van der Waals surface area contributed by atoms with Crippen molar-refractivity contribution in [2.45, 2.75) is 26.3 Å². The van der Waals surface area contributed by atoms with Crippen LogP contribution in [0.4, 0.5) is 5.69 Å². The summed E-state index contributed by atoms with van der Waals surface area (Å²) in [4.78, 5) is 17.1. The molecule has 1 aromatic heterocycles. The monoisotopic (exact) mass is 439 g/mol. The average molecular weight is 440 g/mol. The number of carbonyl (C=O) groups excluding carboxylic acids is 1. The summed E-state index contributed by atoms with van der Waals surface area (Å²) in [5.41, 5.74) is 3.74. The van der Waals surface area contributed by atoms with E-state index in [4.69, 9.17) is 4.74 Å². The second-order valence-corrected chi connectivity index (χ2v) is 8.44. The van der Waals surface area contributed by atoms with Crippen LogP contribution in [-0.4, -0.2) is 63.8 Å². The van der Waals surface area contributed by atoms with Gasteiger partial charge >= 0.3 is 0 Å². The number of piperazine rings is 1. The molecule has 4 rings (SSSR count). The van der Waals surface area contributed by atoms with E-state index in [9.17, 15) is 4.79 Å². The number of ether oxygens (including phenoxy) is 1. The second-order valence-electron chi connectivity index (χ2n) is 7.91. The Bertz CT molecular complexity index is 983. The number of nitrogens with one attached hydrogen (secondary N) is 1. The third-order valence-electron chi connectivity index (χ3n) is 5.47. The Morgan fingerprint density at radius 3 is 2.55 bits per heavy atom. The van der Waals surface area contributed by atoms with Gasteiger partial charge in [0.15, 0.2) is 0 Å². The fourth-order valence-corrected chi connectivity index (χ4v) is 4.17. The molecule has 0 spiro atoms. The van der Waals surface area contributed by atoms with Crippen LogP contribution in [-0.2, 0) is 11.3 Å². The molecule has 0 aliphatic carbocycles. The van der Waals surface area contributed by atoms with Crippen molar-refractivity contribution in [1.82, 2.24) is 18.5 Å². The van der Waals surface area contributed by atoms with E-state index in [-0.39, 0.29) is 5.91 Å². The first-order valence-corrected chi connectivity index (χ1v) is 11.6. The summed E-state index contributed by atoms with van der Waals surface area (Å²) < 4.78 is 14.1. The molecular weight excluding hydrogens is 410 g/mol. The summed E-state index contributed by atoms with van der Waals surface area (Å²) >= 11 is 1.18. The molecule has 0 saturated carbocycles. The van der Waals surface area contributed by atoms with E-state index in [1.165, 1.54) is 17.3 Å². The van der Waals surface area contributed by atoms with Gasteiger partial charge in [0.05, 0.1) is 24.9 Å². The molecule has 2 aromatic carbocycles. The van der Waals surface area contributed by atoms with E-state index in [0.717, 1.165) is 74.6 Å². The molecule has 1 aliphatic heterocycles. The lowest BCUT2D eigenvalue weighted by molar-refractivity contribution is -0.117. The number of rotatable bonds is 9. The average Bonchev–Trinajstić information content (AvgIpc) is 3.24. The largest absolute Gasteiger partial charge is 0.494 e. The third-order valence-corrected chi connectivity index (χ3v) is 6.02. The van der Waals surface area contributed by atoms with Gasteiger partial charge in [-0.3, -0.25) is 14.6 Å². The normalized spacial score (nSPS) is 15.3. The highest BCUT2D eigenvalue weighted by atomic mass is 32.1. The number of benzene rings is 2. The number of fused-ring (bicyclic) bond motifs is 1. The van der Waals surface area contributed by atoms with Gasteiger partial charge in [-0.1, -0.05) is 25.5 Å². The lowest BCUT2D eigenvalue weighted by Crippen LogP contribution is -2.48. The van der Waals surface area contributed by atoms with Gasteiger partial charge in [-0.05, 0) is 42.3 Å². The van der Waals surface area contributed by atoms with Crippen molar-refractivity contribution in [2.75, 3.05) is 44.6 Å². The van der Waals surface area contributed by atoms with Crippen LogP contribution in [0.1, 0.15) is 25.3 Å². The first-order valence-electron chi connectivity index (χ1n) is 10.9. The lowest BCUT2D eigenvalue weighted by Gasteiger charge is -2.34. The Balaban J connectivity index is 1.19. The summed E-state index contributed by atoms with van der Waals surface area (Å²) in [6.07, 6.45) is 2.23. The van der Waals surface area contributed by atoms with Gasteiger partial charge in [0.25, 0.3) is 0 Å². The van der Waals surface area contributed by atoms with E-state index in [0.29, 0.717) is 6.54 Å². The van der Waals surface area contributed by atoms with Crippen LogP contribution in [0.3, 0.4) is 0 Å². The summed E-state index contributed by atoms with van der Waals surface area (Å²) in [7, 11) is 0. The summed E-state index contributed by atoms with van der Waals surface area (Å²) in [6.45, 7) is 7.97. The number of anilines is 1. The van der Waals surface area contributed by atoms with Crippen molar-refractivity contribution in [2.24, 2.45) is 0 Å². The van der Waals surface area contributed by atoms with Crippen LogP contribution in [0, 0.1) is 0 Å². The summed E-state index contributed by atoms with van der Waals surface area (Å²) in [5.74, 6) is 0.952. The van der Waals surface area contributed by atoms with Crippen LogP contribution in [0.5, 0.6) is 5.75 Å². The molecule has 31 heavy (non-hydrogen) atoms. The van der Waals surface area contributed by atoms with Gasteiger partial charge in [-0.2, -0.15) is 8.75 Å². The maximum absolute atomic E-state index is 12.4. The SMILES string of the molecule is CCCCOc1ccc(CN2CCN(CC(=O)Nc3ccc4nsnc4c3)CC2)cc1. The van der Waals surface area contributed by atoms with Crippen LogP contribution in [0.2, 0.25) is 0 Å². The number of hydrogen-bond donors (Lipinski definition) is 1. The minimum absolute atomic E-state index is 0.00894. The molecule has 1 N–H and O–H groups in total. The minimum atomic E-state index is 0.00894. The van der Waals surface area contributed by atoms with Crippen molar-refractivity contribution < 1.29 is 9.53 Å². The maximum Gasteiger partial charge on any atom is 0.238 e. The van der Waals surface area contributed by atoms with Gasteiger partial charge < -0.3 is 10.1 Å². The van der Waals surface area contributed by atoms with Crippen LogP contribution < -0.4 is 10.1 Å². The standard InChI is InChI=1S/C23H29N5O2S/c1-2-3-14-30-20-7-4-18(5-8-20)16-27-10-12-28(13-11-27)17-23(29)24-19-6-9-21-22(15-19)26-31-25-21/h4-9,15H,2-3,10-14,16-17H2,1H3,(H,24,29). The Morgan fingerprint density at radius 2 is 1.77 bits per heavy atom. The Labute approximate surface area is 187 Å². The highest BCUT2D eigenvalue weighted by molar-refractivity contribution is 7.00. The van der Waals surface area contributed by atoms with Gasteiger partial charge in [-0.25, -0.2) is 0 Å². The van der Waals surface area contributed by atoms with Crippen molar-refractivity contribution in [3.05, 3.63) is 48.0 Å². The Morgan fingerprint density at radius 1 is 1.03 bits per heavy atom. The number of aromatic nitrogens is 2. The van der Waals surface area contributed by atoms with Crippen molar-refractivity contribution in [1.29, 1.82) is 0 Å². The molecule has 0 radical (unpaired) electrons. The van der Waals surface area contributed by atoms with Crippen molar-refractivity contribution in [3.8, 4) is 5.75 Å². The molecule has 164 valence electrons. The number of unbranched alkanes of at least 4 members (excludes halogenated alkanes) is 1. The summed E-state index contributed by atoms with van der Waals surface area (Å²) in [6, 6.07) is 14.0. The van der Waals surface area contributed by atoms with Gasteiger partial charge in [0.1, 0.15) is 16.8 Å². The van der Waals surface area contributed by atoms with Crippen LogP contribution in [0.25, 0.3) is 11.0 Å². The molecule has 0 atom stereocenters. The van der Waals surface area contributed by atoms with E-state index in [1.807, 2.05) is 18.2 Å². The number of hydrogen-bond acceptors (Lipinski definition) is 7. The fraction of sp³-hybridized carbons (Fsp3) is 0.435. The lowest BCUT2D eigenvalue weighted by atomic mass is 10.2. The topological polar surface area (TPSA) is 70.6 Å². The van der Waals surface area contributed by atoms with Gasteiger partial charge in [0, 0.05) is 38.4 Å². The zero-order chi connectivity index (χ0) is 21.5. The number of carbonyl (C=O) groups is 1. The van der Waals surface area contributed by atoms with Crippen molar-refractivity contribution in [3.63, 3.8) is 0 Å². The zero-order valence-electron chi connectivity index (χ0n) is 17.9. The molecule has 0 bridgehead atoms. The molecule has 1 saturated heterocycles. The highest BCUT2D eigenvalue weighted by Gasteiger charge is 2.19. The van der Waals surface area contributed by atoms with Crippen molar-refractivity contribution >= 4 is 34.4 Å². The van der Waals surface area contributed by atoms with Crippen LogP contribution >= 0.6 is 11.7 Å². The molecule has 7 nitrogen and oxygen atoms in total. The molecule has 1 aliphatic rings. The van der Waals surface area contributed by atoms with Gasteiger partial charge in [0.2, 0.25) is 5.91 Å². The molecule has 1 amide bonds. The molecule has 2 heterocycles. The third kappa shape index (κ3) is 6.22. The van der Waals surface area contributed by atoms with Crippen LogP contribution in [0.15, 0.2) is 42.5 Å². The predicted molar refractivity (Wildman–Crippen MR) is 125 cm³/mol. The predicted octanol–water partition coefficient (Wildman–Crippen LogP) is 3.63. The minimum Gasteiger partial charge on any atom is -0.494 e.